The molecule has 0 aliphatic heterocycles. The highest BCUT2D eigenvalue weighted by Crippen LogP contribution is 2.32. The van der Waals surface area contributed by atoms with Gasteiger partial charge in [0.05, 0.1) is 12.6 Å². The van der Waals surface area contributed by atoms with E-state index in [0.717, 1.165) is 17.2 Å². The molecule has 2 rings (SSSR count). The average molecular weight is 291 g/mol. The number of halogens is 2. The Morgan fingerprint density at radius 1 is 1.10 bits per heavy atom. The minimum Gasteiger partial charge on any atom is -0.494 e. The predicted molar refractivity (Wildman–Crippen MR) is 79.6 cm³/mol. The van der Waals surface area contributed by atoms with Crippen molar-refractivity contribution in [3.63, 3.8) is 0 Å². The average Bonchev–Trinajstić information content (AvgIpc) is 2.45. The first-order chi connectivity index (χ1) is 10.1. The van der Waals surface area contributed by atoms with Gasteiger partial charge in [0.1, 0.15) is 17.4 Å². The zero-order valence-corrected chi connectivity index (χ0v) is 12.4. The lowest BCUT2D eigenvalue weighted by atomic mass is 9.96. The molecule has 0 amide bonds. The standard InChI is InChI=1S/C17H19F2NO/c1-4-21-16-8-5-11(2)9-14(16)17(20-3)13-7-6-12(18)10-15(13)19/h5-10,17,20H,4H2,1-3H3. The van der Waals surface area contributed by atoms with Gasteiger partial charge in [0.15, 0.2) is 0 Å². The van der Waals surface area contributed by atoms with Crippen LogP contribution >= 0.6 is 0 Å². The Balaban J connectivity index is 2.52. The van der Waals surface area contributed by atoms with E-state index in [9.17, 15) is 8.78 Å². The van der Waals surface area contributed by atoms with Crippen LogP contribution in [0.2, 0.25) is 0 Å². The maximum Gasteiger partial charge on any atom is 0.131 e. The zero-order chi connectivity index (χ0) is 15.4. The summed E-state index contributed by atoms with van der Waals surface area (Å²) in [7, 11) is 1.74. The van der Waals surface area contributed by atoms with Crippen molar-refractivity contribution >= 4 is 0 Å². The first kappa shape index (κ1) is 15.4. The van der Waals surface area contributed by atoms with Gasteiger partial charge in [0, 0.05) is 17.2 Å². The van der Waals surface area contributed by atoms with Gasteiger partial charge in [0.2, 0.25) is 0 Å². The number of aryl methyl sites for hydroxylation is 1. The zero-order valence-electron chi connectivity index (χ0n) is 12.4. The van der Waals surface area contributed by atoms with E-state index in [4.69, 9.17) is 4.74 Å². The quantitative estimate of drug-likeness (QED) is 0.899. The molecule has 4 heteroatoms. The van der Waals surface area contributed by atoms with E-state index in [2.05, 4.69) is 5.32 Å². The van der Waals surface area contributed by atoms with Gasteiger partial charge in [-0.05, 0) is 33.0 Å². The van der Waals surface area contributed by atoms with Crippen molar-refractivity contribution in [2.24, 2.45) is 0 Å². The molecule has 0 aliphatic carbocycles. The maximum atomic E-state index is 14.1. The highest BCUT2D eigenvalue weighted by Gasteiger charge is 2.20. The lowest BCUT2D eigenvalue weighted by Gasteiger charge is -2.21. The molecule has 0 fully saturated rings. The van der Waals surface area contributed by atoms with Gasteiger partial charge in [-0.15, -0.1) is 0 Å². The molecule has 0 aliphatic rings. The summed E-state index contributed by atoms with van der Waals surface area (Å²) < 4.78 is 32.8. The van der Waals surface area contributed by atoms with Crippen LogP contribution in [0.3, 0.4) is 0 Å². The highest BCUT2D eigenvalue weighted by molar-refractivity contribution is 5.44. The van der Waals surface area contributed by atoms with Crippen LogP contribution in [0, 0.1) is 18.6 Å². The summed E-state index contributed by atoms with van der Waals surface area (Å²) in [6.45, 7) is 4.39. The molecule has 21 heavy (non-hydrogen) atoms. The van der Waals surface area contributed by atoms with E-state index in [-0.39, 0.29) is 0 Å². The van der Waals surface area contributed by atoms with Crippen LogP contribution in [0.15, 0.2) is 36.4 Å². The molecule has 2 nitrogen and oxygen atoms in total. The van der Waals surface area contributed by atoms with Crippen molar-refractivity contribution < 1.29 is 13.5 Å². The second-order valence-corrected chi connectivity index (χ2v) is 4.86. The third-order valence-electron chi connectivity index (χ3n) is 3.34. The summed E-state index contributed by atoms with van der Waals surface area (Å²) in [6.07, 6.45) is 0. The third-order valence-corrected chi connectivity index (χ3v) is 3.34. The van der Waals surface area contributed by atoms with Crippen LogP contribution in [0.5, 0.6) is 5.75 Å². The second-order valence-electron chi connectivity index (χ2n) is 4.86. The summed E-state index contributed by atoms with van der Waals surface area (Å²) in [5.74, 6) is -0.454. The SMILES string of the molecule is CCOc1ccc(C)cc1C(NC)c1ccc(F)cc1F. The summed E-state index contributed by atoms with van der Waals surface area (Å²) >= 11 is 0. The first-order valence-corrected chi connectivity index (χ1v) is 6.92. The van der Waals surface area contributed by atoms with Crippen molar-refractivity contribution in [1.82, 2.24) is 5.32 Å². The minimum atomic E-state index is -0.583. The van der Waals surface area contributed by atoms with Crippen molar-refractivity contribution in [3.8, 4) is 5.75 Å². The monoisotopic (exact) mass is 291 g/mol. The predicted octanol–water partition coefficient (Wildman–Crippen LogP) is 3.98. The van der Waals surface area contributed by atoms with Crippen molar-refractivity contribution in [1.29, 1.82) is 0 Å². The van der Waals surface area contributed by atoms with Gasteiger partial charge in [-0.3, -0.25) is 0 Å². The number of benzene rings is 2. The molecular formula is C17H19F2NO. The van der Waals surface area contributed by atoms with E-state index in [0.29, 0.717) is 17.9 Å². The topological polar surface area (TPSA) is 21.3 Å². The molecular weight excluding hydrogens is 272 g/mol. The van der Waals surface area contributed by atoms with E-state index >= 15 is 0 Å². The summed E-state index contributed by atoms with van der Waals surface area (Å²) in [6, 6.07) is 9.00. The lowest BCUT2D eigenvalue weighted by molar-refractivity contribution is 0.333. The molecule has 1 atom stereocenters. The molecule has 0 radical (unpaired) electrons. The van der Waals surface area contributed by atoms with Gasteiger partial charge in [-0.1, -0.05) is 23.8 Å². The van der Waals surface area contributed by atoms with Crippen molar-refractivity contribution in [2.45, 2.75) is 19.9 Å². The third kappa shape index (κ3) is 3.39. The molecule has 0 saturated carbocycles. The fourth-order valence-corrected chi connectivity index (χ4v) is 2.39. The number of rotatable bonds is 5. The Hall–Kier alpha value is -1.94. The number of hydrogen-bond acceptors (Lipinski definition) is 2. The van der Waals surface area contributed by atoms with E-state index in [1.165, 1.54) is 12.1 Å². The molecule has 0 spiro atoms. The molecule has 112 valence electrons. The molecule has 2 aromatic rings. The second kappa shape index (κ2) is 6.68. The Labute approximate surface area is 123 Å². The van der Waals surface area contributed by atoms with Gasteiger partial charge >= 0.3 is 0 Å². The van der Waals surface area contributed by atoms with Crippen molar-refractivity contribution in [3.05, 3.63) is 64.7 Å². The van der Waals surface area contributed by atoms with E-state index in [1.807, 2.05) is 32.0 Å². The summed E-state index contributed by atoms with van der Waals surface area (Å²) in [5.41, 5.74) is 2.28. The molecule has 1 unspecified atom stereocenters. The number of ether oxygens (including phenoxy) is 1. The van der Waals surface area contributed by atoms with Gasteiger partial charge in [-0.2, -0.15) is 0 Å². The minimum absolute atomic E-state index is 0.394. The maximum absolute atomic E-state index is 14.1. The van der Waals surface area contributed by atoms with Crippen LogP contribution in [-0.4, -0.2) is 13.7 Å². The number of hydrogen-bond donors (Lipinski definition) is 1. The van der Waals surface area contributed by atoms with Gasteiger partial charge < -0.3 is 10.1 Å². The van der Waals surface area contributed by atoms with Crippen LogP contribution in [-0.2, 0) is 0 Å². The van der Waals surface area contributed by atoms with Gasteiger partial charge in [-0.25, -0.2) is 8.78 Å². The molecule has 2 aromatic carbocycles. The molecule has 1 N–H and O–H groups in total. The first-order valence-electron chi connectivity index (χ1n) is 6.92. The van der Waals surface area contributed by atoms with Crippen LogP contribution in [0.1, 0.15) is 29.7 Å². The highest BCUT2D eigenvalue weighted by atomic mass is 19.1. The Bertz CT molecular complexity index is 628. The molecule has 0 bridgehead atoms. The fraction of sp³-hybridized carbons (Fsp3) is 0.294. The van der Waals surface area contributed by atoms with Crippen molar-refractivity contribution in [2.75, 3.05) is 13.7 Å². The largest absolute Gasteiger partial charge is 0.494 e. The fourth-order valence-electron chi connectivity index (χ4n) is 2.39. The molecule has 0 heterocycles. The van der Waals surface area contributed by atoms with Crippen LogP contribution < -0.4 is 10.1 Å². The Morgan fingerprint density at radius 3 is 2.48 bits per heavy atom. The number of nitrogens with one attached hydrogen (secondary N) is 1. The lowest BCUT2D eigenvalue weighted by Crippen LogP contribution is -2.20. The summed E-state index contributed by atoms with van der Waals surface area (Å²) in [5, 5.41) is 3.08. The van der Waals surface area contributed by atoms with Crippen LogP contribution in [0.4, 0.5) is 8.78 Å². The Morgan fingerprint density at radius 2 is 1.86 bits per heavy atom. The van der Waals surface area contributed by atoms with E-state index in [1.54, 1.807) is 7.05 Å². The Kier molecular flexibility index (Phi) is 4.91. The normalized spacial score (nSPS) is 12.2. The smallest absolute Gasteiger partial charge is 0.131 e. The molecule has 0 aromatic heterocycles. The molecule has 0 saturated heterocycles. The van der Waals surface area contributed by atoms with E-state index < -0.39 is 17.7 Å². The summed E-state index contributed by atoms with van der Waals surface area (Å²) in [4.78, 5) is 0. The van der Waals surface area contributed by atoms with Crippen LogP contribution in [0.25, 0.3) is 0 Å². The van der Waals surface area contributed by atoms with Gasteiger partial charge in [0.25, 0.3) is 0 Å².